The number of ether oxygens (including phenoxy) is 1. The number of hydrazone groups is 1. The molecule has 0 aromatic carbocycles. The van der Waals surface area contributed by atoms with Crippen molar-refractivity contribution in [2.75, 3.05) is 0 Å². The van der Waals surface area contributed by atoms with E-state index in [4.69, 9.17) is 15.9 Å². The highest BCUT2D eigenvalue weighted by Crippen LogP contribution is 2.34. The Hall–Kier alpha value is -1.10. The van der Waals surface area contributed by atoms with Gasteiger partial charge in [0.25, 0.3) is 0 Å². The van der Waals surface area contributed by atoms with Crippen LogP contribution in [0.25, 0.3) is 0 Å². The fraction of sp³-hybridized carbons (Fsp3) is 0.778. The van der Waals surface area contributed by atoms with Crippen molar-refractivity contribution in [2.24, 2.45) is 10.8 Å². The zero-order valence-corrected chi connectivity index (χ0v) is 9.14. The van der Waals surface area contributed by atoms with Crippen LogP contribution < -0.4 is 11.2 Å². The van der Waals surface area contributed by atoms with Crippen molar-refractivity contribution in [3.05, 3.63) is 0 Å². The molecule has 0 amide bonds. The lowest BCUT2D eigenvalue weighted by molar-refractivity contribution is -0.0515. The number of guanidine groups is 1. The third kappa shape index (κ3) is 2.45. The average molecular weight is 198 g/mol. The minimum absolute atomic E-state index is 0.155. The molecule has 0 aromatic rings. The van der Waals surface area contributed by atoms with E-state index >= 15 is 0 Å². The van der Waals surface area contributed by atoms with Crippen LogP contribution in [0.3, 0.4) is 0 Å². The topological polar surface area (TPSA) is 83.5 Å². The standard InChI is InChI=1S/C9H18N4O/c1-8(2)5-6(9(3,4)14-8)12-13-7(10)11/h5H2,1-4H3,(H4,10,11,13). The molecule has 0 saturated carbocycles. The van der Waals surface area contributed by atoms with Crippen molar-refractivity contribution in [1.82, 2.24) is 5.43 Å². The van der Waals surface area contributed by atoms with Gasteiger partial charge in [-0.2, -0.15) is 5.10 Å². The Labute approximate surface area is 84.2 Å². The van der Waals surface area contributed by atoms with E-state index in [2.05, 4.69) is 10.5 Å². The van der Waals surface area contributed by atoms with Crippen molar-refractivity contribution in [2.45, 2.75) is 45.3 Å². The molecule has 1 aliphatic heterocycles. The Morgan fingerprint density at radius 3 is 2.43 bits per heavy atom. The maximum atomic E-state index is 7.01. The van der Waals surface area contributed by atoms with E-state index in [0.29, 0.717) is 0 Å². The maximum Gasteiger partial charge on any atom is 0.206 e. The van der Waals surface area contributed by atoms with Crippen molar-refractivity contribution >= 4 is 11.7 Å². The van der Waals surface area contributed by atoms with Crippen molar-refractivity contribution in [3.63, 3.8) is 0 Å². The van der Waals surface area contributed by atoms with Crippen LogP contribution >= 0.6 is 0 Å². The summed E-state index contributed by atoms with van der Waals surface area (Å²) in [7, 11) is 0. The largest absolute Gasteiger partial charge is 0.369 e. The number of rotatable bonds is 1. The lowest BCUT2D eigenvalue weighted by atomic mass is 9.98. The van der Waals surface area contributed by atoms with Crippen molar-refractivity contribution < 1.29 is 4.74 Å². The number of hydrogen-bond donors (Lipinski definition) is 3. The quantitative estimate of drug-likeness (QED) is 0.331. The third-order valence-corrected chi connectivity index (χ3v) is 2.13. The number of nitrogens with one attached hydrogen (secondary N) is 2. The van der Waals surface area contributed by atoms with E-state index in [1.165, 1.54) is 0 Å². The fourth-order valence-corrected chi connectivity index (χ4v) is 1.70. The summed E-state index contributed by atoms with van der Waals surface area (Å²) in [5.74, 6) is -0.155. The first-order valence-corrected chi connectivity index (χ1v) is 4.60. The zero-order valence-electron chi connectivity index (χ0n) is 9.14. The van der Waals surface area contributed by atoms with Gasteiger partial charge >= 0.3 is 0 Å². The second kappa shape index (κ2) is 3.24. The molecule has 1 heterocycles. The van der Waals surface area contributed by atoms with E-state index in [1.54, 1.807) is 0 Å². The van der Waals surface area contributed by atoms with E-state index in [9.17, 15) is 0 Å². The predicted octanol–water partition coefficient (Wildman–Crippen LogP) is 0.803. The van der Waals surface area contributed by atoms with Gasteiger partial charge in [0.2, 0.25) is 5.96 Å². The zero-order chi connectivity index (χ0) is 11.0. The van der Waals surface area contributed by atoms with Crippen LogP contribution in [0.2, 0.25) is 0 Å². The van der Waals surface area contributed by atoms with Crippen LogP contribution in [0, 0.1) is 5.41 Å². The van der Waals surface area contributed by atoms with Crippen LogP contribution in [0.15, 0.2) is 5.10 Å². The van der Waals surface area contributed by atoms with Gasteiger partial charge in [-0.05, 0) is 27.7 Å². The van der Waals surface area contributed by atoms with Gasteiger partial charge in [0, 0.05) is 6.42 Å². The molecule has 1 fully saturated rings. The van der Waals surface area contributed by atoms with Gasteiger partial charge in [-0.1, -0.05) is 0 Å². The van der Waals surface area contributed by atoms with Gasteiger partial charge in [-0.15, -0.1) is 0 Å². The summed E-state index contributed by atoms with van der Waals surface area (Å²) in [4.78, 5) is 0. The molecular formula is C9H18N4O. The molecule has 1 aliphatic rings. The molecule has 0 radical (unpaired) electrons. The summed E-state index contributed by atoms with van der Waals surface area (Å²) in [6.07, 6.45) is 0.750. The summed E-state index contributed by atoms with van der Waals surface area (Å²) in [6, 6.07) is 0. The SMILES string of the molecule is CC1(C)CC(=NNC(=N)N)C(C)(C)O1. The number of nitrogens with zero attached hydrogens (tertiary/aromatic N) is 1. The first kappa shape index (κ1) is 11.0. The molecule has 0 aliphatic carbocycles. The van der Waals surface area contributed by atoms with E-state index in [0.717, 1.165) is 12.1 Å². The summed E-state index contributed by atoms with van der Waals surface area (Å²) in [5.41, 5.74) is 7.91. The molecule has 0 bridgehead atoms. The van der Waals surface area contributed by atoms with Crippen LogP contribution in [0.4, 0.5) is 0 Å². The Bertz CT molecular complexity index is 281. The van der Waals surface area contributed by atoms with Crippen molar-refractivity contribution in [1.29, 1.82) is 5.41 Å². The number of hydrogen-bond acceptors (Lipinski definition) is 3. The molecule has 5 heteroatoms. The van der Waals surface area contributed by atoms with Crippen LogP contribution in [-0.4, -0.2) is 22.9 Å². The lowest BCUT2D eigenvalue weighted by Gasteiger charge is -2.23. The van der Waals surface area contributed by atoms with Gasteiger partial charge in [-0.3, -0.25) is 5.41 Å². The van der Waals surface area contributed by atoms with Crippen LogP contribution in [0.5, 0.6) is 0 Å². The smallest absolute Gasteiger partial charge is 0.206 e. The molecule has 0 atom stereocenters. The van der Waals surface area contributed by atoms with Gasteiger partial charge < -0.3 is 10.5 Å². The minimum Gasteiger partial charge on any atom is -0.369 e. The van der Waals surface area contributed by atoms with Gasteiger partial charge in [0.15, 0.2) is 0 Å². The van der Waals surface area contributed by atoms with E-state index < -0.39 is 0 Å². The lowest BCUT2D eigenvalue weighted by Crippen LogP contribution is -2.33. The molecule has 1 rings (SSSR count). The Morgan fingerprint density at radius 2 is 2.07 bits per heavy atom. The van der Waals surface area contributed by atoms with Gasteiger partial charge in [0.1, 0.15) is 5.60 Å². The van der Waals surface area contributed by atoms with Gasteiger partial charge in [-0.25, -0.2) is 5.43 Å². The molecule has 0 spiro atoms. The molecule has 0 aromatic heterocycles. The minimum atomic E-state index is -0.383. The summed E-state index contributed by atoms with van der Waals surface area (Å²) < 4.78 is 5.80. The molecule has 5 nitrogen and oxygen atoms in total. The third-order valence-electron chi connectivity index (χ3n) is 2.13. The number of nitrogens with two attached hydrogens (primary N) is 1. The Kier molecular flexibility index (Phi) is 2.54. The summed E-state index contributed by atoms with van der Waals surface area (Å²) >= 11 is 0. The van der Waals surface area contributed by atoms with Crippen LogP contribution in [0.1, 0.15) is 34.1 Å². The van der Waals surface area contributed by atoms with Gasteiger partial charge in [0.05, 0.1) is 11.3 Å². The monoisotopic (exact) mass is 198 g/mol. The predicted molar refractivity (Wildman–Crippen MR) is 56.3 cm³/mol. The molecule has 80 valence electrons. The highest BCUT2D eigenvalue weighted by atomic mass is 16.5. The molecular weight excluding hydrogens is 180 g/mol. The first-order valence-electron chi connectivity index (χ1n) is 4.60. The maximum absolute atomic E-state index is 7.01. The molecule has 0 unspecified atom stereocenters. The van der Waals surface area contributed by atoms with Crippen molar-refractivity contribution in [3.8, 4) is 0 Å². The second-order valence-electron chi connectivity index (χ2n) is 4.63. The second-order valence-corrected chi connectivity index (χ2v) is 4.63. The van der Waals surface area contributed by atoms with E-state index in [-0.39, 0.29) is 17.2 Å². The average Bonchev–Trinajstić information content (AvgIpc) is 2.14. The fourth-order valence-electron chi connectivity index (χ4n) is 1.70. The first-order chi connectivity index (χ1) is 6.23. The molecule has 14 heavy (non-hydrogen) atoms. The molecule has 1 saturated heterocycles. The van der Waals surface area contributed by atoms with E-state index in [1.807, 2.05) is 27.7 Å². The Balaban J connectivity index is 2.80. The summed E-state index contributed by atoms with van der Waals surface area (Å²) in [5, 5.41) is 11.1. The summed E-state index contributed by atoms with van der Waals surface area (Å²) in [6.45, 7) is 7.96. The highest BCUT2D eigenvalue weighted by Gasteiger charge is 2.43. The van der Waals surface area contributed by atoms with Crippen LogP contribution in [-0.2, 0) is 4.74 Å². The molecule has 4 N–H and O–H groups in total. The Morgan fingerprint density at radius 1 is 1.50 bits per heavy atom. The highest BCUT2D eigenvalue weighted by molar-refractivity contribution is 5.95. The normalized spacial score (nSPS) is 26.4.